The molecule has 2 atom stereocenters. The van der Waals surface area contributed by atoms with E-state index in [1.807, 2.05) is 32.2 Å². The van der Waals surface area contributed by atoms with Gasteiger partial charge in [0, 0.05) is 11.6 Å². The molecule has 2 aromatic carbocycles. The fourth-order valence-corrected chi connectivity index (χ4v) is 2.72. The molecule has 0 spiro atoms. The van der Waals surface area contributed by atoms with Crippen LogP contribution in [-0.4, -0.2) is 33.2 Å². The highest BCUT2D eigenvalue weighted by Crippen LogP contribution is 2.24. The molecule has 0 aliphatic heterocycles. The van der Waals surface area contributed by atoms with Gasteiger partial charge in [0.05, 0.1) is 32.0 Å². The Hall–Kier alpha value is -2.31. The molecular formula is C19H23ClFN2O3+. The molecule has 0 radical (unpaired) electrons. The van der Waals surface area contributed by atoms with Crippen molar-refractivity contribution >= 4 is 23.2 Å². The Morgan fingerprint density at radius 2 is 1.96 bits per heavy atom. The zero-order valence-corrected chi connectivity index (χ0v) is 16.0. The highest BCUT2D eigenvalue weighted by atomic mass is 35.5. The smallest absolute Gasteiger partial charge is 0.282 e. The van der Waals surface area contributed by atoms with Crippen LogP contribution >= 0.6 is 11.6 Å². The molecule has 0 saturated carbocycles. The molecular weight excluding hydrogens is 359 g/mol. The Balaban J connectivity index is 2.06. The lowest BCUT2D eigenvalue weighted by molar-refractivity contribution is -0.907. The van der Waals surface area contributed by atoms with Gasteiger partial charge >= 0.3 is 0 Å². The molecule has 0 aromatic heterocycles. The van der Waals surface area contributed by atoms with Crippen LogP contribution in [0.1, 0.15) is 12.5 Å². The van der Waals surface area contributed by atoms with Gasteiger partial charge in [-0.15, -0.1) is 0 Å². The molecule has 0 bridgehead atoms. The topological polar surface area (TPSA) is 52.0 Å². The van der Waals surface area contributed by atoms with E-state index < -0.39 is 5.82 Å². The van der Waals surface area contributed by atoms with Crippen LogP contribution in [0, 0.1) is 5.82 Å². The first-order chi connectivity index (χ1) is 12.3. The van der Waals surface area contributed by atoms with Crippen LogP contribution in [0.25, 0.3) is 0 Å². The number of hydrogen-bond acceptors (Lipinski definition) is 3. The summed E-state index contributed by atoms with van der Waals surface area (Å²) in [6.07, 6.45) is 0. The number of anilines is 1. The molecule has 1 unspecified atom stereocenters. The van der Waals surface area contributed by atoms with Gasteiger partial charge in [0.15, 0.2) is 6.04 Å². The minimum absolute atomic E-state index is 0.167. The van der Waals surface area contributed by atoms with Crippen molar-refractivity contribution in [1.82, 2.24) is 0 Å². The number of rotatable bonds is 7. The maximum absolute atomic E-state index is 13.1. The third kappa shape index (κ3) is 4.86. The van der Waals surface area contributed by atoms with Gasteiger partial charge in [0.1, 0.15) is 23.9 Å². The maximum Gasteiger partial charge on any atom is 0.282 e. The molecule has 1 amide bonds. The number of carbonyl (C=O) groups is 1. The SMILES string of the molecule is COc1ccc(C[NH+](C)[C@@H](C)C(=O)Nc2ccc(F)cc2Cl)c(OC)c1. The van der Waals surface area contributed by atoms with Crippen LogP contribution in [0.2, 0.25) is 5.02 Å². The van der Waals surface area contributed by atoms with Gasteiger partial charge in [-0.1, -0.05) is 11.6 Å². The van der Waals surface area contributed by atoms with Gasteiger partial charge in [-0.2, -0.15) is 0 Å². The summed E-state index contributed by atoms with van der Waals surface area (Å²) in [5, 5.41) is 2.91. The maximum atomic E-state index is 13.1. The van der Waals surface area contributed by atoms with Gasteiger partial charge in [-0.25, -0.2) is 4.39 Å². The van der Waals surface area contributed by atoms with Crippen LogP contribution in [0.3, 0.4) is 0 Å². The van der Waals surface area contributed by atoms with Crippen molar-refractivity contribution in [2.75, 3.05) is 26.6 Å². The number of likely N-dealkylation sites (N-methyl/N-ethyl adjacent to an activating group) is 1. The van der Waals surface area contributed by atoms with Crippen molar-refractivity contribution in [2.45, 2.75) is 19.5 Å². The van der Waals surface area contributed by atoms with E-state index in [2.05, 4.69) is 5.32 Å². The number of halogens is 2. The van der Waals surface area contributed by atoms with E-state index in [1.165, 1.54) is 18.2 Å². The van der Waals surface area contributed by atoms with Gasteiger partial charge in [-0.05, 0) is 37.3 Å². The highest BCUT2D eigenvalue weighted by molar-refractivity contribution is 6.33. The summed E-state index contributed by atoms with van der Waals surface area (Å²) in [7, 11) is 5.11. The molecule has 5 nitrogen and oxygen atoms in total. The Kier molecular flexibility index (Phi) is 6.83. The zero-order chi connectivity index (χ0) is 19.3. The minimum Gasteiger partial charge on any atom is -0.497 e. The number of quaternary nitrogens is 1. The van der Waals surface area contributed by atoms with E-state index in [1.54, 1.807) is 14.2 Å². The standard InChI is InChI=1S/C19H22ClFN2O3/c1-12(19(24)22-17-8-6-14(21)9-16(17)20)23(2)11-13-5-7-15(25-3)10-18(13)26-4/h5-10,12H,11H2,1-4H3,(H,22,24)/p+1/t12-/m0/s1. The van der Waals surface area contributed by atoms with E-state index in [0.717, 1.165) is 10.5 Å². The Morgan fingerprint density at radius 1 is 1.23 bits per heavy atom. The second-order valence-corrected chi connectivity index (χ2v) is 6.44. The summed E-state index contributed by atoms with van der Waals surface area (Å²) >= 11 is 5.97. The van der Waals surface area contributed by atoms with Crippen molar-refractivity contribution in [3.05, 3.63) is 52.8 Å². The largest absolute Gasteiger partial charge is 0.497 e. The predicted molar refractivity (Wildman–Crippen MR) is 99.6 cm³/mol. The molecule has 2 aromatic rings. The van der Waals surface area contributed by atoms with Crippen LogP contribution in [0.4, 0.5) is 10.1 Å². The van der Waals surface area contributed by atoms with Crippen molar-refractivity contribution in [2.24, 2.45) is 0 Å². The van der Waals surface area contributed by atoms with E-state index in [9.17, 15) is 9.18 Å². The number of hydrogen-bond donors (Lipinski definition) is 2. The Morgan fingerprint density at radius 3 is 2.58 bits per heavy atom. The summed E-state index contributed by atoms with van der Waals surface area (Å²) in [5.74, 6) is 0.761. The van der Waals surface area contributed by atoms with E-state index in [4.69, 9.17) is 21.1 Å². The summed E-state index contributed by atoms with van der Waals surface area (Å²) in [5.41, 5.74) is 1.35. The summed E-state index contributed by atoms with van der Waals surface area (Å²) in [4.78, 5) is 13.5. The van der Waals surface area contributed by atoms with Crippen molar-refractivity contribution < 1.29 is 23.6 Å². The average molecular weight is 382 g/mol. The van der Waals surface area contributed by atoms with Crippen LogP contribution < -0.4 is 19.7 Å². The molecule has 0 fully saturated rings. The first kappa shape index (κ1) is 20.0. The first-order valence-corrected chi connectivity index (χ1v) is 8.52. The van der Waals surface area contributed by atoms with Crippen LogP contribution in [-0.2, 0) is 11.3 Å². The molecule has 0 heterocycles. The lowest BCUT2D eigenvalue weighted by Gasteiger charge is -2.22. The lowest BCUT2D eigenvalue weighted by Crippen LogP contribution is -3.12. The fourth-order valence-electron chi connectivity index (χ4n) is 2.51. The molecule has 26 heavy (non-hydrogen) atoms. The summed E-state index contributed by atoms with van der Waals surface area (Å²) < 4.78 is 23.7. The second kappa shape index (κ2) is 8.87. The number of methoxy groups -OCH3 is 2. The normalized spacial score (nSPS) is 13.0. The van der Waals surface area contributed by atoms with E-state index in [0.29, 0.717) is 23.7 Å². The number of benzene rings is 2. The number of amides is 1. The quantitative estimate of drug-likeness (QED) is 0.775. The van der Waals surface area contributed by atoms with Gasteiger partial charge in [0.2, 0.25) is 0 Å². The number of carbonyl (C=O) groups excluding carboxylic acids is 1. The molecule has 7 heteroatoms. The summed E-state index contributed by atoms with van der Waals surface area (Å²) in [6.45, 7) is 2.40. The summed E-state index contributed by atoms with van der Waals surface area (Å²) in [6, 6.07) is 9.10. The third-order valence-electron chi connectivity index (χ3n) is 4.29. The molecule has 2 N–H and O–H groups in total. The van der Waals surface area contributed by atoms with Gasteiger partial charge < -0.3 is 19.7 Å². The molecule has 0 saturated heterocycles. The second-order valence-electron chi connectivity index (χ2n) is 6.04. The van der Waals surface area contributed by atoms with Gasteiger partial charge in [0.25, 0.3) is 5.91 Å². The number of ether oxygens (including phenoxy) is 2. The van der Waals surface area contributed by atoms with E-state index >= 15 is 0 Å². The number of nitrogens with one attached hydrogen (secondary N) is 2. The first-order valence-electron chi connectivity index (χ1n) is 8.14. The van der Waals surface area contributed by atoms with Crippen molar-refractivity contribution in [3.8, 4) is 11.5 Å². The van der Waals surface area contributed by atoms with Crippen molar-refractivity contribution in [3.63, 3.8) is 0 Å². The highest BCUT2D eigenvalue weighted by Gasteiger charge is 2.24. The third-order valence-corrected chi connectivity index (χ3v) is 4.60. The molecule has 0 aliphatic carbocycles. The van der Waals surface area contributed by atoms with Crippen LogP contribution in [0.5, 0.6) is 11.5 Å². The van der Waals surface area contributed by atoms with Gasteiger partial charge in [-0.3, -0.25) is 4.79 Å². The lowest BCUT2D eigenvalue weighted by atomic mass is 10.1. The Labute approximate surface area is 157 Å². The Bertz CT molecular complexity index is 785. The van der Waals surface area contributed by atoms with E-state index in [-0.39, 0.29) is 17.0 Å². The van der Waals surface area contributed by atoms with Crippen LogP contribution in [0.15, 0.2) is 36.4 Å². The predicted octanol–water partition coefficient (Wildman–Crippen LogP) is 2.54. The molecule has 0 aliphatic rings. The zero-order valence-electron chi connectivity index (χ0n) is 15.2. The monoisotopic (exact) mass is 381 g/mol. The van der Waals surface area contributed by atoms with Crippen molar-refractivity contribution in [1.29, 1.82) is 0 Å². The average Bonchev–Trinajstić information content (AvgIpc) is 2.63. The molecule has 140 valence electrons. The minimum atomic E-state index is -0.449. The fraction of sp³-hybridized carbons (Fsp3) is 0.316. The molecule has 2 rings (SSSR count).